The van der Waals surface area contributed by atoms with Gasteiger partial charge in [0.2, 0.25) is 10.1 Å². The minimum absolute atomic E-state index is 0.275. The molecule has 2 N–H and O–H groups in total. The third-order valence-electron chi connectivity index (χ3n) is 1.91. The second-order valence-corrected chi connectivity index (χ2v) is 4.97. The summed E-state index contributed by atoms with van der Waals surface area (Å²) in [5.41, 5.74) is 5.43. The second-order valence-electron chi connectivity index (χ2n) is 4.02. The summed E-state index contributed by atoms with van der Waals surface area (Å²) in [5, 5.41) is 6.09. The Balaban J connectivity index is 2.84. The molecule has 0 aromatic carbocycles. The van der Waals surface area contributed by atoms with E-state index in [1.54, 1.807) is 4.90 Å². The van der Waals surface area contributed by atoms with Gasteiger partial charge in [0, 0.05) is 19.6 Å². The summed E-state index contributed by atoms with van der Waals surface area (Å²) in [6.45, 7) is 5.42. The van der Waals surface area contributed by atoms with Crippen molar-refractivity contribution in [3.8, 4) is 0 Å². The van der Waals surface area contributed by atoms with Crippen molar-refractivity contribution in [3.05, 3.63) is 5.01 Å². The number of rotatable bonds is 5. The van der Waals surface area contributed by atoms with E-state index < -0.39 is 11.2 Å². The molecule has 1 rings (SSSR count). The van der Waals surface area contributed by atoms with Gasteiger partial charge in [0.05, 0.1) is 0 Å². The van der Waals surface area contributed by atoms with E-state index in [0.717, 1.165) is 0 Å². The van der Waals surface area contributed by atoms with E-state index in [1.807, 2.05) is 13.8 Å². The molecule has 0 amide bonds. The van der Waals surface area contributed by atoms with E-state index in [4.69, 9.17) is 5.73 Å². The highest BCUT2D eigenvalue weighted by Crippen LogP contribution is 2.34. The predicted octanol–water partition coefficient (Wildman–Crippen LogP) is 1.98. The van der Waals surface area contributed by atoms with Crippen LogP contribution in [0.25, 0.3) is 0 Å². The van der Waals surface area contributed by atoms with E-state index in [0.29, 0.717) is 36.9 Å². The van der Waals surface area contributed by atoms with Crippen molar-refractivity contribution in [2.75, 3.05) is 24.5 Å². The number of halogens is 3. The molecule has 17 heavy (non-hydrogen) atoms. The van der Waals surface area contributed by atoms with Crippen LogP contribution in [0.4, 0.5) is 18.3 Å². The summed E-state index contributed by atoms with van der Waals surface area (Å²) in [5.74, 6) is 0.319. The Morgan fingerprint density at radius 3 is 2.41 bits per heavy atom. The number of alkyl halides is 3. The van der Waals surface area contributed by atoms with E-state index in [1.165, 1.54) is 0 Å². The monoisotopic (exact) mass is 268 g/mol. The van der Waals surface area contributed by atoms with Gasteiger partial charge >= 0.3 is 6.18 Å². The van der Waals surface area contributed by atoms with Crippen LogP contribution in [0.5, 0.6) is 0 Å². The first-order valence-electron chi connectivity index (χ1n) is 5.20. The van der Waals surface area contributed by atoms with Gasteiger partial charge in [0.25, 0.3) is 0 Å². The van der Waals surface area contributed by atoms with Crippen molar-refractivity contribution in [2.45, 2.75) is 20.0 Å². The summed E-state index contributed by atoms with van der Waals surface area (Å²) >= 11 is 0.553. The molecule has 8 heteroatoms. The average molecular weight is 268 g/mol. The van der Waals surface area contributed by atoms with Gasteiger partial charge in [0.15, 0.2) is 0 Å². The molecule has 1 aromatic heterocycles. The summed E-state index contributed by atoms with van der Waals surface area (Å²) < 4.78 is 37.1. The third-order valence-corrected chi connectivity index (χ3v) is 2.94. The van der Waals surface area contributed by atoms with Crippen LogP contribution in [0, 0.1) is 5.92 Å². The lowest BCUT2D eigenvalue weighted by atomic mass is 10.2. The number of anilines is 1. The zero-order valence-corrected chi connectivity index (χ0v) is 10.5. The van der Waals surface area contributed by atoms with Crippen molar-refractivity contribution in [1.29, 1.82) is 0 Å². The van der Waals surface area contributed by atoms with E-state index in [2.05, 4.69) is 10.2 Å². The number of nitrogens with two attached hydrogens (primary N) is 1. The van der Waals surface area contributed by atoms with Crippen LogP contribution in [0.1, 0.15) is 18.9 Å². The topological polar surface area (TPSA) is 55.0 Å². The van der Waals surface area contributed by atoms with Crippen molar-refractivity contribution in [1.82, 2.24) is 10.2 Å². The highest BCUT2D eigenvalue weighted by molar-refractivity contribution is 7.15. The molecule has 0 spiro atoms. The van der Waals surface area contributed by atoms with Crippen LogP contribution in [0.3, 0.4) is 0 Å². The average Bonchev–Trinajstić information content (AvgIpc) is 2.64. The Kier molecular flexibility index (Phi) is 4.70. The van der Waals surface area contributed by atoms with Crippen LogP contribution in [-0.2, 0) is 6.18 Å². The molecule has 0 atom stereocenters. The maximum absolute atomic E-state index is 12.4. The maximum Gasteiger partial charge on any atom is 0.445 e. The standard InChI is InChI=1S/C9H15F3N4S/c1-6(2)5-16(4-3-13)8-15-14-7(17-8)9(10,11)12/h6H,3-5,13H2,1-2H3. The molecule has 0 aliphatic carbocycles. The first-order chi connectivity index (χ1) is 7.84. The molecule has 1 aromatic rings. The summed E-state index contributed by atoms with van der Waals surface area (Å²) in [4.78, 5) is 1.73. The van der Waals surface area contributed by atoms with E-state index in [-0.39, 0.29) is 5.13 Å². The number of aromatic nitrogens is 2. The second kappa shape index (κ2) is 5.63. The Morgan fingerprint density at radius 2 is 2.00 bits per heavy atom. The van der Waals surface area contributed by atoms with E-state index in [9.17, 15) is 13.2 Å². The van der Waals surface area contributed by atoms with Gasteiger partial charge in [0.1, 0.15) is 0 Å². The van der Waals surface area contributed by atoms with Gasteiger partial charge < -0.3 is 10.6 Å². The Bertz CT molecular complexity index is 350. The first kappa shape index (κ1) is 14.2. The fourth-order valence-electron chi connectivity index (χ4n) is 1.32. The fourth-order valence-corrected chi connectivity index (χ4v) is 2.07. The van der Waals surface area contributed by atoms with Gasteiger partial charge in [-0.3, -0.25) is 0 Å². The summed E-state index contributed by atoms with van der Waals surface area (Å²) in [7, 11) is 0. The van der Waals surface area contributed by atoms with Crippen molar-refractivity contribution >= 4 is 16.5 Å². The minimum Gasteiger partial charge on any atom is -0.345 e. The number of hydrogen-bond donors (Lipinski definition) is 1. The van der Waals surface area contributed by atoms with Crippen molar-refractivity contribution in [3.63, 3.8) is 0 Å². The molecule has 4 nitrogen and oxygen atoms in total. The molecule has 0 aliphatic heterocycles. The smallest absolute Gasteiger partial charge is 0.345 e. The molecule has 0 aliphatic rings. The van der Waals surface area contributed by atoms with Gasteiger partial charge in [-0.15, -0.1) is 10.2 Å². The molecular weight excluding hydrogens is 253 g/mol. The fraction of sp³-hybridized carbons (Fsp3) is 0.778. The van der Waals surface area contributed by atoms with Crippen LogP contribution in [-0.4, -0.2) is 29.8 Å². The molecule has 1 heterocycles. The minimum atomic E-state index is -4.43. The van der Waals surface area contributed by atoms with Gasteiger partial charge in [-0.05, 0) is 5.92 Å². The molecule has 0 saturated heterocycles. The highest BCUT2D eigenvalue weighted by Gasteiger charge is 2.36. The van der Waals surface area contributed by atoms with Crippen molar-refractivity contribution in [2.24, 2.45) is 11.7 Å². The van der Waals surface area contributed by atoms with Crippen LogP contribution >= 0.6 is 11.3 Å². The van der Waals surface area contributed by atoms with Crippen LogP contribution < -0.4 is 10.6 Å². The Hall–Kier alpha value is -0.890. The summed E-state index contributed by atoms with van der Waals surface area (Å²) in [6, 6.07) is 0. The molecule has 0 saturated carbocycles. The van der Waals surface area contributed by atoms with Gasteiger partial charge in [-0.1, -0.05) is 25.2 Å². The molecule has 98 valence electrons. The quantitative estimate of drug-likeness (QED) is 0.887. The van der Waals surface area contributed by atoms with E-state index >= 15 is 0 Å². The molecular formula is C9H15F3N4S. The SMILES string of the molecule is CC(C)CN(CCN)c1nnc(C(F)(F)F)s1. The molecule has 0 fully saturated rings. The zero-order valence-electron chi connectivity index (χ0n) is 9.66. The molecule has 0 unspecified atom stereocenters. The third kappa shape index (κ3) is 4.12. The number of hydrogen-bond acceptors (Lipinski definition) is 5. The normalized spacial score (nSPS) is 12.2. The first-order valence-corrected chi connectivity index (χ1v) is 6.02. The summed E-state index contributed by atoms with van der Waals surface area (Å²) in [6.07, 6.45) is -4.43. The number of nitrogens with zero attached hydrogens (tertiary/aromatic N) is 3. The lowest BCUT2D eigenvalue weighted by Gasteiger charge is -2.22. The van der Waals surface area contributed by atoms with Crippen molar-refractivity contribution < 1.29 is 13.2 Å². The molecule has 0 bridgehead atoms. The predicted molar refractivity (Wildman–Crippen MR) is 61.0 cm³/mol. The largest absolute Gasteiger partial charge is 0.445 e. The maximum atomic E-state index is 12.4. The highest BCUT2D eigenvalue weighted by atomic mass is 32.1. The van der Waals surface area contributed by atoms with Crippen LogP contribution in [0.15, 0.2) is 0 Å². The van der Waals surface area contributed by atoms with Gasteiger partial charge in [-0.25, -0.2) is 0 Å². The Labute approximate surface area is 102 Å². The Morgan fingerprint density at radius 1 is 1.35 bits per heavy atom. The lowest BCUT2D eigenvalue weighted by Crippen LogP contribution is -2.32. The van der Waals surface area contributed by atoms with Gasteiger partial charge in [-0.2, -0.15) is 13.2 Å². The zero-order chi connectivity index (χ0) is 13.1. The van der Waals surface area contributed by atoms with Crippen LogP contribution in [0.2, 0.25) is 0 Å². The lowest BCUT2D eigenvalue weighted by molar-refractivity contribution is -0.138. The molecule has 0 radical (unpaired) electrons.